The molecule has 0 bridgehead atoms. The van der Waals surface area contributed by atoms with Crippen molar-refractivity contribution in [1.29, 1.82) is 0 Å². The van der Waals surface area contributed by atoms with Crippen molar-refractivity contribution < 1.29 is 19.1 Å². The molecule has 1 rings (SSSR count). The zero-order valence-corrected chi connectivity index (χ0v) is 11.5. The molecule has 0 fully saturated rings. The van der Waals surface area contributed by atoms with Crippen molar-refractivity contribution in [3.05, 3.63) is 41.7 Å². The van der Waals surface area contributed by atoms with Crippen LogP contribution in [-0.2, 0) is 9.59 Å². The van der Waals surface area contributed by atoms with Gasteiger partial charge in [0.2, 0.25) is 5.91 Å². The van der Waals surface area contributed by atoms with Gasteiger partial charge in [0.1, 0.15) is 11.9 Å². The number of hydrogen-bond donors (Lipinski definition) is 2. The fourth-order valence-corrected chi connectivity index (χ4v) is 1.66. The Morgan fingerprint density at radius 2 is 2.05 bits per heavy atom. The molecule has 2 N–H and O–H groups in total. The molecule has 0 heterocycles. The summed E-state index contributed by atoms with van der Waals surface area (Å²) in [5.41, 5.74) is 0.276. The third-order valence-electron chi connectivity index (χ3n) is 3.10. The van der Waals surface area contributed by atoms with Gasteiger partial charge in [-0.15, -0.1) is 0 Å². The summed E-state index contributed by atoms with van der Waals surface area (Å²) in [7, 11) is 0. The van der Waals surface area contributed by atoms with Gasteiger partial charge in [-0.1, -0.05) is 38.5 Å². The first-order chi connectivity index (χ1) is 9.45. The molecule has 108 valence electrons. The maximum atomic E-state index is 13.3. The lowest BCUT2D eigenvalue weighted by atomic mass is 9.99. The van der Waals surface area contributed by atoms with Gasteiger partial charge in [0.05, 0.1) is 0 Å². The molecule has 2 atom stereocenters. The van der Waals surface area contributed by atoms with Gasteiger partial charge in [0, 0.05) is 11.6 Å². The number of carbonyl (C=O) groups is 2. The lowest BCUT2D eigenvalue weighted by molar-refractivity contribution is -0.142. The van der Waals surface area contributed by atoms with Crippen LogP contribution in [0.5, 0.6) is 0 Å². The molecule has 1 unspecified atom stereocenters. The number of rotatable bonds is 6. The van der Waals surface area contributed by atoms with Crippen molar-refractivity contribution in [2.75, 3.05) is 0 Å². The van der Waals surface area contributed by atoms with Crippen LogP contribution in [0.1, 0.15) is 25.8 Å². The van der Waals surface area contributed by atoms with Crippen molar-refractivity contribution in [3.63, 3.8) is 0 Å². The van der Waals surface area contributed by atoms with Crippen molar-refractivity contribution in [3.8, 4) is 0 Å². The molecule has 1 amide bonds. The summed E-state index contributed by atoms with van der Waals surface area (Å²) in [6, 6.07) is 5.08. The van der Waals surface area contributed by atoms with Crippen LogP contribution in [0.3, 0.4) is 0 Å². The highest BCUT2D eigenvalue weighted by atomic mass is 19.1. The minimum atomic E-state index is -1.08. The second kappa shape index (κ2) is 7.43. The van der Waals surface area contributed by atoms with Crippen molar-refractivity contribution in [1.82, 2.24) is 5.32 Å². The van der Waals surface area contributed by atoms with E-state index in [0.29, 0.717) is 6.42 Å². The molecular formula is C15H18FNO3. The first-order valence-corrected chi connectivity index (χ1v) is 6.41. The fourth-order valence-electron chi connectivity index (χ4n) is 1.66. The zero-order valence-electron chi connectivity index (χ0n) is 11.5. The van der Waals surface area contributed by atoms with Gasteiger partial charge in [-0.2, -0.15) is 0 Å². The summed E-state index contributed by atoms with van der Waals surface area (Å²) >= 11 is 0. The largest absolute Gasteiger partial charge is 0.480 e. The van der Waals surface area contributed by atoms with Crippen LogP contribution in [0.25, 0.3) is 6.08 Å². The van der Waals surface area contributed by atoms with E-state index in [2.05, 4.69) is 5.32 Å². The fraction of sp³-hybridized carbons (Fsp3) is 0.333. The second-order valence-corrected chi connectivity index (χ2v) is 4.56. The van der Waals surface area contributed by atoms with E-state index in [4.69, 9.17) is 5.11 Å². The van der Waals surface area contributed by atoms with Crippen LogP contribution >= 0.6 is 0 Å². The molecule has 1 aromatic rings. The Balaban J connectivity index is 2.71. The van der Waals surface area contributed by atoms with Gasteiger partial charge < -0.3 is 10.4 Å². The highest BCUT2D eigenvalue weighted by Gasteiger charge is 2.24. The molecule has 5 heteroatoms. The number of carbonyl (C=O) groups excluding carboxylic acids is 1. The van der Waals surface area contributed by atoms with E-state index >= 15 is 0 Å². The Morgan fingerprint density at radius 1 is 1.40 bits per heavy atom. The average Bonchev–Trinajstić information content (AvgIpc) is 2.42. The van der Waals surface area contributed by atoms with Gasteiger partial charge in [-0.25, -0.2) is 9.18 Å². The molecule has 0 saturated carbocycles. The topological polar surface area (TPSA) is 66.4 Å². The average molecular weight is 279 g/mol. The van der Waals surface area contributed by atoms with E-state index in [0.717, 1.165) is 6.08 Å². The van der Waals surface area contributed by atoms with Crippen LogP contribution in [0, 0.1) is 11.7 Å². The smallest absolute Gasteiger partial charge is 0.326 e. The minimum Gasteiger partial charge on any atom is -0.480 e. The third-order valence-corrected chi connectivity index (χ3v) is 3.10. The molecule has 1 aromatic carbocycles. The van der Waals surface area contributed by atoms with Crippen molar-refractivity contribution in [2.45, 2.75) is 26.3 Å². The van der Waals surface area contributed by atoms with E-state index in [9.17, 15) is 14.0 Å². The number of carboxylic acid groups (broad SMARTS) is 1. The van der Waals surface area contributed by atoms with E-state index in [-0.39, 0.29) is 11.5 Å². The van der Waals surface area contributed by atoms with Gasteiger partial charge in [0.15, 0.2) is 0 Å². The van der Waals surface area contributed by atoms with Gasteiger partial charge in [-0.3, -0.25) is 4.79 Å². The molecular weight excluding hydrogens is 261 g/mol. The third kappa shape index (κ3) is 4.50. The molecule has 0 radical (unpaired) electrons. The number of amides is 1. The Labute approximate surface area is 117 Å². The molecule has 0 saturated heterocycles. The van der Waals surface area contributed by atoms with E-state index in [1.54, 1.807) is 19.1 Å². The Hall–Kier alpha value is -2.17. The maximum absolute atomic E-state index is 13.3. The molecule has 0 aromatic heterocycles. The van der Waals surface area contributed by atoms with Crippen LogP contribution in [0.2, 0.25) is 0 Å². The number of aliphatic carboxylic acids is 1. The SMILES string of the molecule is CCC(C)[C@H](NC(=O)/C=C/c1ccccc1F)C(=O)O. The van der Waals surface area contributed by atoms with Gasteiger partial charge >= 0.3 is 5.97 Å². The molecule has 0 aliphatic heterocycles. The monoisotopic (exact) mass is 279 g/mol. The van der Waals surface area contributed by atoms with E-state index < -0.39 is 23.7 Å². The summed E-state index contributed by atoms with van der Waals surface area (Å²) < 4.78 is 13.3. The van der Waals surface area contributed by atoms with Gasteiger partial charge in [0.25, 0.3) is 0 Å². The summed E-state index contributed by atoms with van der Waals surface area (Å²) in [5.74, 6) is -2.25. The van der Waals surface area contributed by atoms with Crippen LogP contribution in [-0.4, -0.2) is 23.0 Å². The minimum absolute atomic E-state index is 0.182. The lowest BCUT2D eigenvalue weighted by Gasteiger charge is -2.19. The number of halogens is 1. The van der Waals surface area contributed by atoms with Crippen LogP contribution in [0.15, 0.2) is 30.3 Å². The highest BCUT2D eigenvalue weighted by molar-refractivity contribution is 5.94. The Morgan fingerprint density at radius 3 is 2.60 bits per heavy atom. The summed E-state index contributed by atoms with van der Waals surface area (Å²) in [6.07, 6.45) is 3.09. The standard InChI is InChI=1S/C15H18FNO3/c1-3-10(2)14(15(19)20)17-13(18)9-8-11-6-4-5-7-12(11)16/h4-10,14H,3H2,1-2H3,(H,17,18)(H,19,20)/b9-8+/t10?,14-/m0/s1. The quantitative estimate of drug-likeness (QED) is 0.786. The normalized spacial score (nSPS) is 13.9. The zero-order chi connectivity index (χ0) is 15.1. The summed E-state index contributed by atoms with van der Waals surface area (Å²) in [5, 5.41) is 11.5. The lowest BCUT2D eigenvalue weighted by Crippen LogP contribution is -2.44. The molecule has 0 aliphatic carbocycles. The molecule has 0 spiro atoms. The first-order valence-electron chi connectivity index (χ1n) is 6.41. The first kappa shape index (κ1) is 15.9. The number of hydrogen-bond acceptors (Lipinski definition) is 2. The van der Waals surface area contributed by atoms with Crippen LogP contribution in [0.4, 0.5) is 4.39 Å². The maximum Gasteiger partial charge on any atom is 0.326 e. The Kier molecular flexibility index (Phi) is 5.90. The number of carboxylic acids is 1. The highest BCUT2D eigenvalue weighted by Crippen LogP contribution is 2.10. The van der Waals surface area contributed by atoms with Crippen molar-refractivity contribution >= 4 is 18.0 Å². The molecule has 20 heavy (non-hydrogen) atoms. The summed E-state index contributed by atoms with van der Waals surface area (Å²) in [4.78, 5) is 22.7. The van der Waals surface area contributed by atoms with Crippen molar-refractivity contribution in [2.24, 2.45) is 5.92 Å². The number of nitrogens with one attached hydrogen (secondary N) is 1. The Bertz CT molecular complexity index is 514. The van der Waals surface area contributed by atoms with Crippen LogP contribution < -0.4 is 5.32 Å². The number of benzene rings is 1. The summed E-state index contributed by atoms with van der Waals surface area (Å²) in [6.45, 7) is 3.60. The molecule has 4 nitrogen and oxygen atoms in total. The van der Waals surface area contributed by atoms with E-state index in [1.807, 2.05) is 6.92 Å². The second-order valence-electron chi connectivity index (χ2n) is 4.56. The predicted molar refractivity (Wildman–Crippen MR) is 74.5 cm³/mol. The van der Waals surface area contributed by atoms with Gasteiger partial charge in [-0.05, 0) is 18.1 Å². The predicted octanol–water partition coefficient (Wildman–Crippen LogP) is 2.45. The molecule has 0 aliphatic rings. The van der Waals surface area contributed by atoms with E-state index in [1.165, 1.54) is 18.2 Å².